The predicted octanol–water partition coefficient (Wildman–Crippen LogP) is 1.21. The molecule has 0 aliphatic rings. The third-order valence-corrected chi connectivity index (χ3v) is 4.75. The molecular formula is C15H24N2O3S. The first-order chi connectivity index (χ1) is 9.63. The molecule has 0 saturated heterocycles. The average molecular weight is 312 g/mol. The normalized spacial score (nSPS) is 16.0. The number of carbonyl (C=O) groups excluding carboxylic acids is 1. The van der Waals surface area contributed by atoms with Crippen LogP contribution >= 0.6 is 0 Å². The number of amides is 1. The Balaban J connectivity index is 2.78. The van der Waals surface area contributed by atoms with Gasteiger partial charge in [0.2, 0.25) is 5.91 Å². The van der Waals surface area contributed by atoms with Gasteiger partial charge in [0, 0.05) is 25.4 Å². The van der Waals surface area contributed by atoms with Crippen LogP contribution in [0.2, 0.25) is 0 Å². The molecule has 0 aromatic heterocycles. The van der Waals surface area contributed by atoms with Crippen molar-refractivity contribution in [1.29, 1.82) is 0 Å². The number of hydrogen-bond donors (Lipinski definition) is 1. The van der Waals surface area contributed by atoms with E-state index in [1.165, 1.54) is 11.2 Å². The smallest absolute Gasteiger partial charge is 0.227 e. The maximum atomic E-state index is 12.4. The van der Waals surface area contributed by atoms with Gasteiger partial charge in [-0.25, -0.2) is 8.42 Å². The van der Waals surface area contributed by atoms with E-state index in [0.717, 1.165) is 5.56 Å². The Labute approximate surface area is 127 Å². The van der Waals surface area contributed by atoms with Crippen molar-refractivity contribution >= 4 is 15.7 Å². The van der Waals surface area contributed by atoms with Gasteiger partial charge in [-0.3, -0.25) is 4.79 Å². The molecule has 3 atom stereocenters. The number of rotatable bonds is 6. The summed E-state index contributed by atoms with van der Waals surface area (Å²) >= 11 is 0. The van der Waals surface area contributed by atoms with E-state index in [1.54, 1.807) is 20.9 Å². The first-order valence-corrected chi connectivity index (χ1v) is 8.94. The largest absolute Gasteiger partial charge is 0.342 e. The van der Waals surface area contributed by atoms with Gasteiger partial charge in [0.25, 0.3) is 0 Å². The summed E-state index contributed by atoms with van der Waals surface area (Å²) in [5, 5.41) is 0. The zero-order valence-electron chi connectivity index (χ0n) is 13.0. The van der Waals surface area contributed by atoms with Crippen molar-refractivity contribution in [1.82, 2.24) is 4.90 Å². The fourth-order valence-electron chi connectivity index (χ4n) is 2.21. The van der Waals surface area contributed by atoms with Crippen molar-refractivity contribution in [2.24, 2.45) is 11.7 Å². The number of hydrogen-bond acceptors (Lipinski definition) is 4. The van der Waals surface area contributed by atoms with Gasteiger partial charge in [0.15, 0.2) is 0 Å². The highest BCUT2D eigenvalue weighted by Crippen LogP contribution is 2.21. The summed E-state index contributed by atoms with van der Waals surface area (Å²) in [4.78, 5) is 13.9. The van der Waals surface area contributed by atoms with Crippen LogP contribution in [0.1, 0.15) is 25.5 Å². The van der Waals surface area contributed by atoms with Crippen molar-refractivity contribution in [3.63, 3.8) is 0 Å². The third-order valence-electron chi connectivity index (χ3n) is 3.67. The van der Waals surface area contributed by atoms with Gasteiger partial charge in [-0.15, -0.1) is 0 Å². The molecule has 1 rings (SSSR count). The predicted molar refractivity (Wildman–Crippen MR) is 84.5 cm³/mol. The molecule has 118 valence electrons. The van der Waals surface area contributed by atoms with Crippen LogP contribution in [-0.4, -0.2) is 44.3 Å². The number of nitrogens with zero attached hydrogens (tertiary/aromatic N) is 1. The standard InChI is InChI=1S/C15H24N2O3S/c1-11(10-21(4,19)20)17(3)15(18)12(2)14(16)13-8-6-5-7-9-13/h5-9,11-12,14H,10,16H2,1-4H3/t11-,12-,14+/m0/s1. The van der Waals surface area contributed by atoms with Crippen molar-refractivity contribution in [2.45, 2.75) is 25.9 Å². The monoisotopic (exact) mass is 312 g/mol. The van der Waals surface area contributed by atoms with Crippen molar-refractivity contribution in [3.05, 3.63) is 35.9 Å². The van der Waals surface area contributed by atoms with Crippen LogP contribution in [0, 0.1) is 5.92 Å². The SMILES string of the molecule is C[C@H](C(=O)N(C)[C@@H](C)CS(C)(=O)=O)[C@@H](N)c1ccccc1. The summed E-state index contributed by atoms with van der Waals surface area (Å²) in [7, 11) is -1.51. The molecule has 1 aromatic carbocycles. The molecule has 0 aliphatic carbocycles. The molecule has 1 amide bonds. The topological polar surface area (TPSA) is 80.5 Å². The fourth-order valence-corrected chi connectivity index (χ4v) is 3.31. The Kier molecular flexibility index (Phi) is 5.92. The van der Waals surface area contributed by atoms with Crippen LogP contribution in [0.5, 0.6) is 0 Å². The Bertz CT molecular complexity index is 572. The molecule has 0 spiro atoms. The molecule has 21 heavy (non-hydrogen) atoms. The fraction of sp³-hybridized carbons (Fsp3) is 0.533. The Hall–Kier alpha value is -1.40. The number of sulfone groups is 1. The molecule has 0 bridgehead atoms. The molecule has 1 aromatic rings. The molecule has 5 nitrogen and oxygen atoms in total. The van der Waals surface area contributed by atoms with E-state index in [9.17, 15) is 13.2 Å². The van der Waals surface area contributed by atoms with Gasteiger partial charge in [-0.2, -0.15) is 0 Å². The van der Waals surface area contributed by atoms with Gasteiger partial charge in [0.05, 0.1) is 11.7 Å². The Morgan fingerprint density at radius 2 is 1.76 bits per heavy atom. The summed E-state index contributed by atoms with van der Waals surface area (Å²) < 4.78 is 22.7. The molecular weight excluding hydrogens is 288 g/mol. The summed E-state index contributed by atoms with van der Waals surface area (Å²) in [5.41, 5.74) is 7.03. The van der Waals surface area contributed by atoms with Crippen LogP contribution in [0.4, 0.5) is 0 Å². The summed E-state index contributed by atoms with van der Waals surface area (Å²) in [6, 6.07) is 8.63. The van der Waals surface area contributed by atoms with Crippen LogP contribution in [0.3, 0.4) is 0 Å². The minimum absolute atomic E-state index is 0.0530. The van der Waals surface area contributed by atoms with Crippen LogP contribution in [0.15, 0.2) is 30.3 Å². The molecule has 0 unspecified atom stereocenters. The second-order valence-electron chi connectivity index (χ2n) is 5.62. The van der Waals surface area contributed by atoms with Crippen molar-refractivity contribution in [2.75, 3.05) is 19.1 Å². The third kappa shape index (κ3) is 5.13. The maximum Gasteiger partial charge on any atom is 0.227 e. The van der Waals surface area contributed by atoms with Crippen molar-refractivity contribution in [3.8, 4) is 0 Å². The molecule has 0 saturated carbocycles. The van der Waals surface area contributed by atoms with E-state index >= 15 is 0 Å². The molecule has 0 aliphatic heterocycles. The van der Waals surface area contributed by atoms with E-state index in [0.29, 0.717) is 0 Å². The lowest BCUT2D eigenvalue weighted by molar-refractivity contribution is -0.135. The Morgan fingerprint density at radius 1 is 1.24 bits per heavy atom. The van der Waals surface area contributed by atoms with Crippen molar-refractivity contribution < 1.29 is 13.2 Å². The first kappa shape index (κ1) is 17.7. The zero-order chi connectivity index (χ0) is 16.2. The Morgan fingerprint density at radius 3 is 2.24 bits per heavy atom. The lowest BCUT2D eigenvalue weighted by Crippen LogP contribution is -2.44. The highest BCUT2D eigenvalue weighted by Gasteiger charge is 2.28. The molecule has 2 N–H and O–H groups in total. The quantitative estimate of drug-likeness (QED) is 0.856. The van der Waals surface area contributed by atoms with Crippen LogP contribution in [-0.2, 0) is 14.6 Å². The second kappa shape index (κ2) is 7.04. The summed E-state index contributed by atoms with van der Waals surface area (Å²) in [6.07, 6.45) is 1.17. The van der Waals surface area contributed by atoms with Gasteiger partial charge in [0.1, 0.15) is 9.84 Å². The molecule has 6 heteroatoms. The van der Waals surface area contributed by atoms with E-state index in [-0.39, 0.29) is 17.7 Å². The van der Waals surface area contributed by atoms with E-state index in [2.05, 4.69) is 0 Å². The highest BCUT2D eigenvalue weighted by atomic mass is 32.2. The van der Waals surface area contributed by atoms with Gasteiger partial charge in [-0.05, 0) is 12.5 Å². The van der Waals surface area contributed by atoms with E-state index < -0.39 is 21.8 Å². The minimum Gasteiger partial charge on any atom is -0.342 e. The highest BCUT2D eigenvalue weighted by molar-refractivity contribution is 7.90. The van der Waals surface area contributed by atoms with Gasteiger partial charge < -0.3 is 10.6 Å². The van der Waals surface area contributed by atoms with E-state index in [1.807, 2.05) is 30.3 Å². The van der Waals surface area contributed by atoms with Gasteiger partial charge >= 0.3 is 0 Å². The maximum absolute atomic E-state index is 12.4. The minimum atomic E-state index is -3.13. The number of nitrogens with two attached hydrogens (primary N) is 1. The van der Waals surface area contributed by atoms with Crippen LogP contribution in [0.25, 0.3) is 0 Å². The molecule has 0 heterocycles. The lowest BCUT2D eigenvalue weighted by Gasteiger charge is -2.29. The summed E-state index contributed by atoms with van der Waals surface area (Å²) in [5.74, 6) is -0.621. The van der Waals surface area contributed by atoms with Gasteiger partial charge in [-0.1, -0.05) is 37.3 Å². The zero-order valence-corrected chi connectivity index (χ0v) is 13.8. The average Bonchev–Trinajstić information content (AvgIpc) is 2.43. The summed E-state index contributed by atoms with van der Waals surface area (Å²) in [6.45, 7) is 3.49. The molecule has 0 radical (unpaired) electrons. The lowest BCUT2D eigenvalue weighted by atomic mass is 9.94. The second-order valence-corrected chi connectivity index (χ2v) is 7.80. The number of benzene rings is 1. The number of carbonyl (C=O) groups is 1. The van der Waals surface area contributed by atoms with E-state index in [4.69, 9.17) is 5.73 Å². The van der Waals surface area contributed by atoms with Crippen LogP contribution < -0.4 is 5.73 Å². The molecule has 0 fully saturated rings. The first-order valence-electron chi connectivity index (χ1n) is 6.88.